The normalized spacial score (nSPS) is 11.1. The van der Waals surface area contributed by atoms with Gasteiger partial charge in [-0.25, -0.2) is 15.0 Å². The number of pyridine rings is 1. The van der Waals surface area contributed by atoms with E-state index in [0.29, 0.717) is 23.2 Å². The van der Waals surface area contributed by atoms with Gasteiger partial charge in [0.1, 0.15) is 16.7 Å². The topological polar surface area (TPSA) is 79.4 Å². The standard InChI is InChI=1S/C25H27ClN6S2/c1-16-20(14-28-24-23(26)17(2)30-18(3)31-24)27-11-10-22(16)33-12-7-13-34-25-29-15-21(32-25)19-8-5-4-6-9-19/h4-6,8-11,15H,7,12-14H2,1-3H3,(H,29,32)(H,28,30,31). The molecule has 0 unspecified atom stereocenters. The van der Waals surface area contributed by atoms with Gasteiger partial charge in [-0.05, 0) is 50.1 Å². The lowest BCUT2D eigenvalue weighted by molar-refractivity contribution is 0.954. The summed E-state index contributed by atoms with van der Waals surface area (Å²) in [6, 6.07) is 12.4. The molecule has 4 aromatic rings. The van der Waals surface area contributed by atoms with E-state index >= 15 is 0 Å². The van der Waals surface area contributed by atoms with Crippen LogP contribution in [0.4, 0.5) is 5.82 Å². The van der Waals surface area contributed by atoms with Gasteiger partial charge in [-0.1, -0.05) is 53.7 Å². The molecule has 176 valence electrons. The molecule has 0 spiro atoms. The summed E-state index contributed by atoms with van der Waals surface area (Å²) in [5.41, 5.74) is 5.16. The summed E-state index contributed by atoms with van der Waals surface area (Å²) in [5.74, 6) is 3.39. The molecule has 34 heavy (non-hydrogen) atoms. The number of nitrogens with one attached hydrogen (secondary N) is 2. The zero-order valence-electron chi connectivity index (χ0n) is 19.4. The van der Waals surface area contributed by atoms with Crippen LogP contribution >= 0.6 is 35.1 Å². The SMILES string of the molecule is Cc1nc(C)c(Cl)c(NCc2nccc(SCCCSc3ncc(-c4ccccc4)[nH]3)c2C)n1. The van der Waals surface area contributed by atoms with E-state index in [9.17, 15) is 0 Å². The van der Waals surface area contributed by atoms with E-state index in [4.69, 9.17) is 11.6 Å². The van der Waals surface area contributed by atoms with Crippen molar-refractivity contribution < 1.29 is 0 Å². The Kier molecular flexibility index (Phi) is 8.48. The van der Waals surface area contributed by atoms with E-state index in [0.717, 1.165) is 45.7 Å². The Morgan fingerprint density at radius 1 is 0.971 bits per heavy atom. The van der Waals surface area contributed by atoms with Crippen molar-refractivity contribution in [3.8, 4) is 11.3 Å². The lowest BCUT2D eigenvalue weighted by Gasteiger charge is -2.13. The van der Waals surface area contributed by atoms with Crippen molar-refractivity contribution in [2.24, 2.45) is 0 Å². The summed E-state index contributed by atoms with van der Waals surface area (Å²) < 4.78 is 0. The monoisotopic (exact) mass is 510 g/mol. The number of nitrogens with zero attached hydrogens (tertiary/aromatic N) is 4. The first-order valence-corrected chi connectivity index (χ1v) is 13.4. The molecular weight excluding hydrogens is 484 g/mol. The Labute approximate surface area is 213 Å². The highest BCUT2D eigenvalue weighted by Crippen LogP contribution is 2.28. The first-order valence-electron chi connectivity index (χ1n) is 11.1. The average molecular weight is 511 g/mol. The minimum atomic E-state index is 0.554. The third-order valence-corrected chi connectivity index (χ3v) is 7.91. The van der Waals surface area contributed by atoms with Gasteiger partial charge in [-0.15, -0.1) is 11.8 Å². The van der Waals surface area contributed by atoms with Gasteiger partial charge >= 0.3 is 0 Å². The van der Waals surface area contributed by atoms with Gasteiger partial charge in [0.15, 0.2) is 5.16 Å². The fraction of sp³-hybridized carbons (Fsp3) is 0.280. The molecule has 0 atom stereocenters. The number of aromatic amines is 1. The molecule has 0 aliphatic carbocycles. The number of H-pyrrole nitrogens is 1. The summed E-state index contributed by atoms with van der Waals surface area (Å²) in [4.78, 5) is 22.4. The van der Waals surface area contributed by atoms with Crippen molar-refractivity contribution in [3.63, 3.8) is 0 Å². The second-order valence-electron chi connectivity index (χ2n) is 7.77. The molecule has 3 aromatic heterocycles. The van der Waals surface area contributed by atoms with Gasteiger partial charge in [-0.2, -0.15) is 0 Å². The van der Waals surface area contributed by atoms with Gasteiger partial charge in [0, 0.05) is 16.8 Å². The molecule has 2 N–H and O–H groups in total. The number of hydrogen-bond donors (Lipinski definition) is 2. The van der Waals surface area contributed by atoms with Gasteiger partial charge in [0.2, 0.25) is 0 Å². The molecule has 0 saturated heterocycles. The number of thioether (sulfide) groups is 2. The number of aromatic nitrogens is 5. The Bertz CT molecular complexity index is 1250. The highest BCUT2D eigenvalue weighted by Gasteiger charge is 2.11. The van der Waals surface area contributed by atoms with Gasteiger partial charge in [0.05, 0.1) is 29.8 Å². The van der Waals surface area contributed by atoms with Crippen LogP contribution in [0.25, 0.3) is 11.3 Å². The maximum Gasteiger partial charge on any atom is 0.165 e. The van der Waals surface area contributed by atoms with Crippen LogP contribution in [0.1, 0.15) is 29.2 Å². The van der Waals surface area contributed by atoms with E-state index in [2.05, 4.69) is 55.4 Å². The number of halogens is 1. The number of anilines is 1. The van der Waals surface area contributed by atoms with Crippen molar-refractivity contribution in [2.75, 3.05) is 16.8 Å². The molecule has 0 aliphatic heterocycles. The zero-order valence-corrected chi connectivity index (χ0v) is 21.8. The van der Waals surface area contributed by atoms with Gasteiger partial charge < -0.3 is 10.3 Å². The molecule has 0 saturated carbocycles. The van der Waals surface area contributed by atoms with Crippen molar-refractivity contribution in [2.45, 2.75) is 43.8 Å². The van der Waals surface area contributed by atoms with E-state index in [1.807, 2.05) is 56.2 Å². The predicted molar refractivity (Wildman–Crippen MR) is 143 cm³/mol. The molecule has 0 fully saturated rings. The fourth-order valence-corrected chi connectivity index (χ4v) is 5.55. The van der Waals surface area contributed by atoms with Crippen LogP contribution in [-0.2, 0) is 6.54 Å². The third kappa shape index (κ3) is 6.31. The molecule has 0 aliphatic rings. The summed E-state index contributed by atoms with van der Waals surface area (Å²) in [5, 5.41) is 4.84. The average Bonchev–Trinajstić information content (AvgIpc) is 3.31. The highest BCUT2D eigenvalue weighted by molar-refractivity contribution is 8.00. The Hall–Kier alpha value is -2.55. The van der Waals surface area contributed by atoms with Crippen LogP contribution < -0.4 is 5.32 Å². The van der Waals surface area contributed by atoms with Gasteiger partial charge in [0.25, 0.3) is 0 Å². The first kappa shape index (κ1) is 24.6. The van der Waals surface area contributed by atoms with Crippen molar-refractivity contribution in [3.05, 3.63) is 76.6 Å². The van der Waals surface area contributed by atoms with Crippen LogP contribution in [-0.4, -0.2) is 36.4 Å². The number of rotatable bonds is 10. The molecule has 4 rings (SSSR count). The van der Waals surface area contributed by atoms with Crippen molar-refractivity contribution in [1.82, 2.24) is 24.9 Å². The summed E-state index contributed by atoms with van der Waals surface area (Å²) in [6.07, 6.45) is 4.86. The summed E-state index contributed by atoms with van der Waals surface area (Å²) in [7, 11) is 0. The number of benzene rings is 1. The van der Waals surface area contributed by atoms with E-state index in [-0.39, 0.29) is 0 Å². The predicted octanol–water partition coefficient (Wildman–Crippen LogP) is 6.73. The lowest BCUT2D eigenvalue weighted by Crippen LogP contribution is -2.08. The molecule has 0 radical (unpaired) electrons. The summed E-state index contributed by atoms with van der Waals surface area (Å²) >= 11 is 9.98. The Morgan fingerprint density at radius 2 is 1.76 bits per heavy atom. The smallest absolute Gasteiger partial charge is 0.165 e. The number of aryl methyl sites for hydroxylation is 2. The van der Waals surface area contributed by atoms with Crippen molar-refractivity contribution in [1.29, 1.82) is 0 Å². The molecule has 6 nitrogen and oxygen atoms in total. The molecule has 1 aromatic carbocycles. The minimum Gasteiger partial charge on any atom is -0.363 e. The number of hydrogen-bond acceptors (Lipinski definition) is 7. The Morgan fingerprint density at radius 3 is 2.59 bits per heavy atom. The lowest BCUT2D eigenvalue weighted by atomic mass is 10.2. The minimum absolute atomic E-state index is 0.554. The quantitative estimate of drug-likeness (QED) is 0.181. The second kappa shape index (κ2) is 11.7. The van der Waals surface area contributed by atoms with E-state index < -0.39 is 0 Å². The van der Waals surface area contributed by atoms with Crippen LogP contribution in [0, 0.1) is 20.8 Å². The number of imidazole rings is 1. The second-order valence-corrected chi connectivity index (χ2v) is 10.4. The first-order chi connectivity index (χ1) is 16.5. The highest BCUT2D eigenvalue weighted by atomic mass is 35.5. The maximum atomic E-state index is 6.36. The van der Waals surface area contributed by atoms with E-state index in [1.54, 1.807) is 11.8 Å². The van der Waals surface area contributed by atoms with Gasteiger partial charge in [-0.3, -0.25) is 4.98 Å². The van der Waals surface area contributed by atoms with E-state index in [1.165, 1.54) is 10.5 Å². The molecule has 9 heteroatoms. The largest absolute Gasteiger partial charge is 0.363 e. The molecule has 3 heterocycles. The van der Waals surface area contributed by atoms with Crippen LogP contribution in [0.5, 0.6) is 0 Å². The third-order valence-electron chi connectivity index (χ3n) is 5.23. The van der Waals surface area contributed by atoms with Crippen molar-refractivity contribution >= 4 is 40.9 Å². The zero-order chi connectivity index (χ0) is 23.9. The fourth-order valence-electron chi connectivity index (χ4n) is 3.43. The van der Waals surface area contributed by atoms with Crippen LogP contribution in [0.2, 0.25) is 5.02 Å². The molecule has 0 amide bonds. The van der Waals surface area contributed by atoms with Crippen LogP contribution in [0.15, 0.2) is 58.8 Å². The molecular formula is C25H27ClN6S2. The Balaban J connectivity index is 1.26. The van der Waals surface area contributed by atoms with Crippen LogP contribution in [0.3, 0.4) is 0 Å². The maximum absolute atomic E-state index is 6.36. The summed E-state index contributed by atoms with van der Waals surface area (Å²) in [6.45, 7) is 6.43. The molecule has 0 bridgehead atoms.